The third-order valence-electron chi connectivity index (χ3n) is 3.57. The van der Waals surface area contributed by atoms with Gasteiger partial charge in [0.05, 0.1) is 19.5 Å². The molecule has 1 aromatic heterocycles. The molecule has 0 radical (unpaired) electrons. The summed E-state index contributed by atoms with van der Waals surface area (Å²) in [5, 5.41) is 14.3. The van der Waals surface area contributed by atoms with Gasteiger partial charge in [-0.2, -0.15) is 11.3 Å². The molecule has 0 spiro atoms. The van der Waals surface area contributed by atoms with Crippen molar-refractivity contribution in [3.8, 4) is 0 Å². The summed E-state index contributed by atoms with van der Waals surface area (Å²) < 4.78 is 12.9. The summed E-state index contributed by atoms with van der Waals surface area (Å²) in [6.07, 6.45) is 0.364. The number of aliphatic hydroxyl groups is 1. The third-order valence-corrected chi connectivity index (χ3v) is 4.31. The molecule has 3 nitrogen and oxygen atoms in total. The van der Waals surface area contributed by atoms with Gasteiger partial charge in [0.2, 0.25) is 5.91 Å². The molecule has 1 fully saturated rings. The van der Waals surface area contributed by atoms with Crippen molar-refractivity contribution in [2.24, 2.45) is 0 Å². The second-order valence-electron chi connectivity index (χ2n) is 5.10. The van der Waals surface area contributed by atoms with Crippen LogP contribution in [0.15, 0.2) is 41.1 Å². The van der Waals surface area contributed by atoms with Gasteiger partial charge in [-0.1, -0.05) is 12.1 Å². The predicted octanol–water partition coefficient (Wildman–Crippen LogP) is 2.16. The van der Waals surface area contributed by atoms with Gasteiger partial charge >= 0.3 is 0 Å². The van der Waals surface area contributed by atoms with Crippen molar-refractivity contribution in [3.63, 3.8) is 0 Å². The largest absolute Gasteiger partial charge is 0.381 e. The lowest BCUT2D eigenvalue weighted by atomic mass is 9.86. The number of benzene rings is 1. The van der Waals surface area contributed by atoms with Gasteiger partial charge in [-0.15, -0.1) is 0 Å². The molecule has 104 valence electrons. The minimum absolute atomic E-state index is 0.00943. The quantitative estimate of drug-likeness (QED) is 0.941. The maximum Gasteiger partial charge on any atom is 0.227 e. The maximum atomic E-state index is 12.9. The number of thiophene rings is 1. The molecule has 1 amide bonds. The van der Waals surface area contributed by atoms with Gasteiger partial charge in [0.25, 0.3) is 0 Å². The lowest BCUT2D eigenvalue weighted by Gasteiger charge is -2.46. The number of carbonyl (C=O) groups excluding carboxylic acids is 1. The van der Waals surface area contributed by atoms with Crippen LogP contribution in [0.5, 0.6) is 0 Å². The number of likely N-dealkylation sites (tertiary alicyclic amines) is 1. The Labute approximate surface area is 120 Å². The summed E-state index contributed by atoms with van der Waals surface area (Å²) in [7, 11) is 0. The highest BCUT2D eigenvalue weighted by Gasteiger charge is 2.44. The van der Waals surface area contributed by atoms with Crippen LogP contribution in [0.2, 0.25) is 0 Å². The van der Waals surface area contributed by atoms with E-state index < -0.39 is 5.60 Å². The molecule has 1 aromatic carbocycles. The third kappa shape index (κ3) is 2.46. The van der Waals surface area contributed by atoms with Gasteiger partial charge < -0.3 is 10.0 Å². The Morgan fingerprint density at radius 2 is 2.00 bits per heavy atom. The van der Waals surface area contributed by atoms with Crippen molar-refractivity contribution in [1.29, 1.82) is 0 Å². The molecule has 3 rings (SSSR count). The van der Waals surface area contributed by atoms with E-state index in [0.29, 0.717) is 12.0 Å². The minimum Gasteiger partial charge on any atom is -0.381 e. The Kier molecular flexibility index (Phi) is 3.31. The highest BCUT2D eigenvalue weighted by atomic mass is 32.1. The van der Waals surface area contributed by atoms with Crippen LogP contribution in [0.4, 0.5) is 4.39 Å². The number of rotatable bonds is 3. The van der Waals surface area contributed by atoms with Gasteiger partial charge in [-0.05, 0) is 40.1 Å². The van der Waals surface area contributed by atoms with Crippen molar-refractivity contribution in [2.45, 2.75) is 12.0 Å². The van der Waals surface area contributed by atoms with E-state index in [0.717, 1.165) is 5.56 Å². The van der Waals surface area contributed by atoms with Crippen molar-refractivity contribution in [1.82, 2.24) is 4.90 Å². The number of β-amino-alcohol motifs (C(OH)–C–C–N with tert-alkyl or cyclic N) is 1. The second kappa shape index (κ2) is 5.00. The Balaban J connectivity index is 1.62. The number of nitrogens with zero attached hydrogens (tertiary/aromatic N) is 1. The molecule has 1 saturated heterocycles. The van der Waals surface area contributed by atoms with Gasteiger partial charge in [0, 0.05) is 0 Å². The van der Waals surface area contributed by atoms with Gasteiger partial charge in [0.15, 0.2) is 0 Å². The molecule has 2 heterocycles. The van der Waals surface area contributed by atoms with E-state index in [9.17, 15) is 14.3 Å². The first-order valence-corrected chi connectivity index (χ1v) is 7.28. The van der Waals surface area contributed by atoms with Crippen molar-refractivity contribution >= 4 is 17.2 Å². The fourth-order valence-corrected chi connectivity index (χ4v) is 3.05. The van der Waals surface area contributed by atoms with Crippen molar-refractivity contribution < 1.29 is 14.3 Å². The molecule has 1 aliphatic rings. The number of halogens is 1. The number of hydrogen-bond acceptors (Lipinski definition) is 3. The highest BCUT2D eigenvalue weighted by Crippen LogP contribution is 2.32. The van der Waals surface area contributed by atoms with Crippen LogP contribution < -0.4 is 0 Å². The molecule has 0 bridgehead atoms. The van der Waals surface area contributed by atoms with Crippen LogP contribution in [-0.2, 0) is 16.8 Å². The first-order chi connectivity index (χ1) is 9.57. The molecule has 1 N–H and O–H groups in total. The van der Waals surface area contributed by atoms with E-state index in [2.05, 4.69) is 0 Å². The second-order valence-corrected chi connectivity index (χ2v) is 5.88. The Bertz CT molecular complexity index is 603. The zero-order chi connectivity index (χ0) is 14.2. The fourth-order valence-electron chi connectivity index (χ4n) is 2.38. The standard InChI is InChI=1S/C15H14FNO2S/c16-13-3-1-12(2-4-13)15(19)9-17(10-15)14(18)7-11-5-6-20-8-11/h1-6,8,19H,7,9-10H2. The molecule has 0 aliphatic carbocycles. The molecule has 0 saturated carbocycles. The Morgan fingerprint density at radius 3 is 2.60 bits per heavy atom. The summed E-state index contributed by atoms with van der Waals surface area (Å²) in [5.41, 5.74) is 0.605. The van der Waals surface area contributed by atoms with E-state index in [1.807, 2.05) is 16.8 Å². The Hall–Kier alpha value is -1.72. The van der Waals surface area contributed by atoms with Crippen molar-refractivity contribution in [3.05, 3.63) is 58.0 Å². The van der Waals surface area contributed by atoms with Gasteiger partial charge in [0.1, 0.15) is 11.4 Å². The summed E-state index contributed by atoms with van der Waals surface area (Å²) in [4.78, 5) is 13.7. The fraction of sp³-hybridized carbons (Fsp3) is 0.267. The van der Waals surface area contributed by atoms with Gasteiger partial charge in [-0.3, -0.25) is 4.79 Å². The summed E-state index contributed by atoms with van der Waals surface area (Å²) >= 11 is 1.56. The van der Waals surface area contributed by atoms with Crippen LogP contribution in [0.1, 0.15) is 11.1 Å². The van der Waals surface area contributed by atoms with Crippen LogP contribution in [0.3, 0.4) is 0 Å². The first kappa shape index (κ1) is 13.3. The van der Waals surface area contributed by atoms with Crippen LogP contribution in [-0.4, -0.2) is 29.0 Å². The van der Waals surface area contributed by atoms with E-state index in [1.54, 1.807) is 28.4 Å². The zero-order valence-electron chi connectivity index (χ0n) is 10.8. The summed E-state index contributed by atoms with van der Waals surface area (Å²) in [6, 6.07) is 7.70. The topological polar surface area (TPSA) is 40.5 Å². The minimum atomic E-state index is -1.04. The molecular formula is C15H14FNO2S. The number of hydrogen-bond donors (Lipinski definition) is 1. The lowest BCUT2D eigenvalue weighted by molar-refractivity contribution is -0.156. The summed E-state index contributed by atoms with van der Waals surface area (Å²) in [5.74, 6) is -0.322. The lowest BCUT2D eigenvalue weighted by Crippen LogP contribution is -2.61. The molecule has 5 heteroatoms. The Morgan fingerprint density at radius 1 is 1.30 bits per heavy atom. The molecule has 2 aromatic rings. The molecule has 1 aliphatic heterocycles. The van der Waals surface area contributed by atoms with Crippen LogP contribution in [0.25, 0.3) is 0 Å². The van der Waals surface area contributed by atoms with E-state index in [4.69, 9.17) is 0 Å². The van der Waals surface area contributed by atoms with E-state index in [-0.39, 0.29) is 24.8 Å². The van der Waals surface area contributed by atoms with Crippen LogP contribution in [0, 0.1) is 5.82 Å². The molecule has 0 unspecified atom stereocenters. The predicted molar refractivity (Wildman–Crippen MR) is 74.9 cm³/mol. The molecule has 20 heavy (non-hydrogen) atoms. The average molecular weight is 291 g/mol. The highest BCUT2D eigenvalue weighted by molar-refractivity contribution is 7.07. The maximum absolute atomic E-state index is 12.9. The average Bonchev–Trinajstić information content (AvgIpc) is 2.88. The first-order valence-electron chi connectivity index (χ1n) is 6.34. The zero-order valence-corrected chi connectivity index (χ0v) is 11.6. The smallest absolute Gasteiger partial charge is 0.227 e. The van der Waals surface area contributed by atoms with Crippen LogP contribution >= 0.6 is 11.3 Å². The van der Waals surface area contributed by atoms with Gasteiger partial charge in [-0.25, -0.2) is 4.39 Å². The SMILES string of the molecule is O=C(Cc1ccsc1)N1CC(O)(c2ccc(F)cc2)C1. The van der Waals surface area contributed by atoms with E-state index >= 15 is 0 Å². The normalized spacial score (nSPS) is 16.8. The number of amides is 1. The number of carbonyl (C=O) groups is 1. The molecule has 0 atom stereocenters. The summed E-state index contributed by atoms with van der Waals surface area (Å²) in [6.45, 7) is 0.531. The molecular weight excluding hydrogens is 277 g/mol. The van der Waals surface area contributed by atoms with Crippen molar-refractivity contribution in [2.75, 3.05) is 13.1 Å². The monoisotopic (exact) mass is 291 g/mol. The van der Waals surface area contributed by atoms with E-state index in [1.165, 1.54) is 12.1 Å².